The Labute approximate surface area is 119 Å². The summed E-state index contributed by atoms with van der Waals surface area (Å²) in [4.78, 5) is 10.5. The average molecular weight is 281 g/mol. The van der Waals surface area contributed by atoms with Crippen molar-refractivity contribution >= 4 is 11.4 Å². The summed E-state index contributed by atoms with van der Waals surface area (Å²) in [6, 6.07) is 4.97. The van der Waals surface area contributed by atoms with E-state index >= 15 is 0 Å². The third-order valence-electron chi connectivity index (χ3n) is 2.81. The number of ether oxygens (including phenoxy) is 1. The van der Waals surface area contributed by atoms with Gasteiger partial charge in [-0.15, -0.1) is 0 Å². The molecule has 0 amide bonds. The Morgan fingerprint density at radius 1 is 1.45 bits per heavy atom. The SMILES string of the molecule is CCCC(CN)Nc1ccc([N+](=O)[O-])c(OC(C)C)c1. The molecule has 20 heavy (non-hydrogen) atoms. The average Bonchev–Trinajstić information content (AvgIpc) is 2.37. The predicted octanol–water partition coefficient (Wildman–Crippen LogP) is 2.92. The second kappa shape index (κ2) is 7.69. The Hall–Kier alpha value is -1.82. The van der Waals surface area contributed by atoms with E-state index in [-0.39, 0.29) is 23.6 Å². The summed E-state index contributed by atoms with van der Waals surface area (Å²) in [5.74, 6) is 0.280. The lowest BCUT2D eigenvalue weighted by atomic mass is 10.1. The summed E-state index contributed by atoms with van der Waals surface area (Å²) in [5.41, 5.74) is 6.46. The van der Waals surface area contributed by atoms with Crippen molar-refractivity contribution in [1.82, 2.24) is 0 Å². The van der Waals surface area contributed by atoms with Crippen molar-refractivity contribution in [2.45, 2.75) is 45.8 Å². The van der Waals surface area contributed by atoms with E-state index in [9.17, 15) is 10.1 Å². The molecule has 0 fully saturated rings. The quantitative estimate of drug-likeness (QED) is 0.564. The van der Waals surface area contributed by atoms with Gasteiger partial charge in [0.25, 0.3) is 0 Å². The van der Waals surface area contributed by atoms with Crippen LogP contribution in [0.5, 0.6) is 5.75 Å². The van der Waals surface area contributed by atoms with Crippen molar-refractivity contribution in [1.29, 1.82) is 0 Å². The molecule has 112 valence electrons. The van der Waals surface area contributed by atoms with Gasteiger partial charge in [0.1, 0.15) is 0 Å². The number of nitro benzene ring substituents is 1. The van der Waals surface area contributed by atoms with Gasteiger partial charge < -0.3 is 15.8 Å². The minimum atomic E-state index is -0.437. The fourth-order valence-corrected chi connectivity index (χ4v) is 1.94. The van der Waals surface area contributed by atoms with E-state index in [0.29, 0.717) is 6.54 Å². The van der Waals surface area contributed by atoms with Crippen LogP contribution in [0.3, 0.4) is 0 Å². The van der Waals surface area contributed by atoms with Crippen molar-refractivity contribution in [2.75, 3.05) is 11.9 Å². The van der Waals surface area contributed by atoms with E-state index in [1.54, 1.807) is 12.1 Å². The number of anilines is 1. The Kier molecular flexibility index (Phi) is 6.24. The maximum absolute atomic E-state index is 11.0. The summed E-state index contributed by atoms with van der Waals surface area (Å²) < 4.78 is 5.51. The third-order valence-corrected chi connectivity index (χ3v) is 2.81. The van der Waals surface area contributed by atoms with Crippen LogP contribution in [0.25, 0.3) is 0 Å². The standard InChI is InChI=1S/C14H23N3O3/c1-4-5-12(9-15)16-11-6-7-13(17(18)19)14(8-11)20-10(2)3/h6-8,10,12,16H,4-5,9,15H2,1-3H3. The van der Waals surface area contributed by atoms with Crippen LogP contribution in [0.15, 0.2) is 18.2 Å². The third kappa shape index (κ3) is 4.70. The highest BCUT2D eigenvalue weighted by molar-refractivity contribution is 5.58. The smallest absolute Gasteiger partial charge is 0.311 e. The lowest BCUT2D eigenvalue weighted by Gasteiger charge is -2.18. The van der Waals surface area contributed by atoms with Gasteiger partial charge in [0.15, 0.2) is 5.75 Å². The first kappa shape index (κ1) is 16.2. The number of hydrogen-bond donors (Lipinski definition) is 2. The molecule has 1 unspecified atom stereocenters. The second-order valence-corrected chi connectivity index (χ2v) is 4.97. The molecule has 0 radical (unpaired) electrons. The molecule has 0 saturated heterocycles. The molecular formula is C14H23N3O3. The van der Waals surface area contributed by atoms with Gasteiger partial charge in [0, 0.05) is 30.4 Å². The van der Waals surface area contributed by atoms with Crippen LogP contribution >= 0.6 is 0 Å². The molecule has 0 heterocycles. The second-order valence-electron chi connectivity index (χ2n) is 4.97. The van der Waals surface area contributed by atoms with Gasteiger partial charge in [-0.1, -0.05) is 13.3 Å². The van der Waals surface area contributed by atoms with Gasteiger partial charge in [0.05, 0.1) is 11.0 Å². The summed E-state index contributed by atoms with van der Waals surface area (Å²) >= 11 is 0. The Bertz CT molecular complexity index is 449. The maximum Gasteiger partial charge on any atom is 0.311 e. The van der Waals surface area contributed by atoms with Crippen molar-refractivity contribution in [3.63, 3.8) is 0 Å². The number of nitrogens with two attached hydrogens (primary N) is 1. The van der Waals surface area contributed by atoms with Crippen molar-refractivity contribution in [3.05, 3.63) is 28.3 Å². The van der Waals surface area contributed by atoms with Crippen molar-refractivity contribution < 1.29 is 9.66 Å². The monoisotopic (exact) mass is 281 g/mol. The summed E-state index contributed by atoms with van der Waals surface area (Å²) in [6.07, 6.45) is 1.86. The fourth-order valence-electron chi connectivity index (χ4n) is 1.94. The van der Waals surface area contributed by atoms with Gasteiger partial charge in [0.2, 0.25) is 0 Å². The van der Waals surface area contributed by atoms with Crippen LogP contribution in [0.4, 0.5) is 11.4 Å². The van der Waals surface area contributed by atoms with Crippen LogP contribution in [0.2, 0.25) is 0 Å². The molecule has 6 nitrogen and oxygen atoms in total. The lowest BCUT2D eigenvalue weighted by Crippen LogP contribution is -2.28. The largest absolute Gasteiger partial charge is 0.484 e. The van der Waals surface area contributed by atoms with Crippen LogP contribution in [0, 0.1) is 10.1 Å². The van der Waals surface area contributed by atoms with Crippen molar-refractivity contribution in [2.24, 2.45) is 5.73 Å². The van der Waals surface area contributed by atoms with Crippen LogP contribution in [-0.4, -0.2) is 23.6 Å². The maximum atomic E-state index is 11.0. The molecule has 1 atom stereocenters. The summed E-state index contributed by atoms with van der Waals surface area (Å²) in [7, 11) is 0. The van der Waals surface area contributed by atoms with Gasteiger partial charge in [-0.3, -0.25) is 10.1 Å². The molecule has 3 N–H and O–H groups in total. The van der Waals surface area contributed by atoms with Crippen LogP contribution in [0.1, 0.15) is 33.6 Å². The van der Waals surface area contributed by atoms with Gasteiger partial charge in [-0.25, -0.2) is 0 Å². The number of nitrogens with zero attached hydrogens (tertiary/aromatic N) is 1. The van der Waals surface area contributed by atoms with Gasteiger partial charge in [-0.05, 0) is 26.3 Å². The number of hydrogen-bond acceptors (Lipinski definition) is 5. The molecule has 0 aliphatic carbocycles. The van der Waals surface area contributed by atoms with Gasteiger partial charge in [-0.2, -0.15) is 0 Å². The molecule has 0 aliphatic rings. The van der Waals surface area contributed by atoms with E-state index < -0.39 is 4.92 Å². The molecule has 1 aromatic carbocycles. The van der Waals surface area contributed by atoms with Gasteiger partial charge >= 0.3 is 5.69 Å². The minimum absolute atomic E-state index is 0.0240. The molecular weight excluding hydrogens is 258 g/mol. The summed E-state index contributed by atoms with van der Waals surface area (Å²) in [5, 5.41) is 14.3. The highest BCUT2D eigenvalue weighted by atomic mass is 16.6. The molecule has 1 aromatic rings. The molecule has 6 heteroatoms. The normalized spacial score (nSPS) is 12.2. The van der Waals surface area contributed by atoms with Crippen LogP contribution in [-0.2, 0) is 0 Å². The molecule has 0 aliphatic heterocycles. The minimum Gasteiger partial charge on any atom is -0.484 e. The Balaban J connectivity index is 2.96. The number of rotatable bonds is 8. The predicted molar refractivity (Wildman–Crippen MR) is 80.2 cm³/mol. The fraction of sp³-hybridized carbons (Fsp3) is 0.571. The highest BCUT2D eigenvalue weighted by Gasteiger charge is 2.17. The molecule has 0 bridgehead atoms. The topological polar surface area (TPSA) is 90.4 Å². The van der Waals surface area contributed by atoms with Crippen molar-refractivity contribution in [3.8, 4) is 5.75 Å². The van der Waals surface area contributed by atoms with E-state index in [0.717, 1.165) is 18.5 Å². The molecule has 0 spiro atoms. The number of nitro groups is 1. The Morgan fingerprint density at radius 3 is 2.65 bits per heavy atom. The number of nitrogens with one attached hydrogen (secondary N) is 1. The van der Waals surface area contributed by atoms with E-state index in [2.05, 4.69) is 12.2 Å². The first-order valence-corrected chi connectivity index (χ1v) is 6.89. The van der Waals surface area contributed by atoms with E-state index in [4.69, 9.17) is 10.5 Å². The molecule has 1 rings (SSSR count). The van der Waals surface area contributed by atoms with Crippen LogP contribution < -0.4 is 15.8 Å². The first-order chi connectivity index (χ1) is 9.47. The lowest BCUT2D eigenvalue weighted by molar-refractivity contribution is -0.386. The summed E-state index contributed by atoms with van der Waals surface area (Å²) in [6.45, 7) is 6.28. The zero-order valence-corrected chi connectivity index (χ0v) is 12.3. The van der Waals surface area contributed by atoms with E-state index in [1.165, 1.54) is 6.07 Å². The zero-order chi connectivity index (χ0) is 15.1. The number of benzene rings is 1. The highest BCUT2D eigenvalue weighted by Crippen LogP contribution is 2.31. The first-order valence-electron chi connectivity index (χ1n) is 6.89. The Morgan fingerprint density at radius 2 is 2.15 bits per heavy atom. The zero-order valence-electron chi connectivity index (χ0n) is 12.3. The molecule has 0 saturated carbocycles. The molecule has 0 aromatic heterocycles. The van der Waals surface area contributed by atoms with E-state index in [1.807, 2.05) is 13.8 Å².